The summed E-state index contributed by atoms with van der Waals surface area (Å²) >= 11 is 0. The molecule has 0 spiro atoms. The molecule has 0 radical (unpaired) electrons. The van der Waals surface area contributed by atoms with Gasteiger partial charge in [0.1, 0.15) is 0 Å². The fraction of sp³-hybridized carbons (Fsp3) is 0.130. The van der Waals surface area contributed by atoms with Gasteiger partial charge in [-0.2, -0.15) is 0 Å². The first-order chi connectivity index (χ1) is 11.9. The molecule has 124 valence electrons. The Morgan fingerprint density at radius 1 is 0.520 bits per heavy atom. The van der Waals surface area contributed by atoms with Crippen molar-refractivity contribution >= 4 is 11.6 Å². The van der Waals surface area contributed by atoms with E-state index in [0.29, 0.717) is 22.3 Å². The van der Waals surface area contributed by atoms with Crippen LogP contribution in [0.25, 0.3) is 0 Å². The number of hydrogen-bond acceptors (Lipinski definition) is 2. The van der Waals surface area contributed by atoms with Gasteiger partial charge in [-0.05, 0) is 39.0 Å². The molecule has 0 aromatic heterocycles. The van der Waals surface area contributed by atoms with Crippen molar-refractivity contribution in [3.63, 3.8) is 0 Å². The van der Waals surface area contributed by atoms with Gasteiger partial charge in [0, 0.05) is 22.3 Å². The Bertz CT molecular complexity index is 930. The Hall–Kier alpha value is -3.00. The van der Waals surface area contributed by atoms with E-state index in [-0.39, 0.29) is 11.6 Å². The molecule has 2 heteroatoms. The van der Waals surface area contributed by atoms with Crippen LogP contribution >= 0.6 is 0 Å². The van der Waals surface area contributed by atoms with E-state index in [1.165, 1.54) is 0 Å². The van der Waals surface area contributed by atoms with E-state index < -0.39 is 0 Å². The quantitative estimate of drug-likeness (QED) is 0.626. The van der Waals surface area contributed by atoms with Crippen LogP contribution in [0.15, 0.2) is 66.7 Å². The van der Waals surface area contributed by atoms with E-state index in [2.05, 4.69) is 0 Å². The first-order valence-electron chi connectivity index (χ1n) is 8.28. The number of benzene rings is 3. The third-order valence-corrected chi connectivity index (χ3v) is 4.17. The highest BCUT2D eigenvalue weighted by Crippen LogP contribution is 2.17. The van der Waals surface area contributed by atoms with Gasteiger partial charge >= 0.3 is 0 Å². The maximum absolute atomic E-state index is 12.7. The lowest BCUT2D eigenvalue weighted by Crippen LogP contribution is -2.05. The van der Waals surface area contributed by atoms with Gasteiger partial charge in [-0.1, -0.05) is 65.2 Å². The summed E-state index contributed by atoms with van der Waals surface area (Å²) in [7, 11) is 0. The molecule has 0 aliphatic carbocycles. The summed E-state index contributed by atoms with van der Waals surface area (Å²) < 4.78 is 0. The number of hydrogen-bond donors (Lipinski definition) is 0. The molecule has 0 unspecified atom stereocenters. The van der Waals surface area contributed by atoms with Gasteiger partial charge in [-0.15, -0.1) is 0 Å². The van der Waals surface area contributed by atoms with Crippen molar-refractivity contribution < 1.29 is 9.59 Å². The molecule has 2 nitrogen and oxygen atoms in total. The van der Waals surface area contributed by atoms with Crippen molar-refractivity contribution in [3.8, 4) is 0 Å². The molecule has 0 fully saturated rings. The fourth-order valence-electron chi connectivity index (χ4n) is 3.00. The molecule has 0 atom stereocenters. The Kier molecular flexibility index (Phi) is 4.62. The summed E-state index contributed by atoms with van der Waals surface area (Å²) in [5, 5.41) is 0. The highest BCUT2D eigenvalue weighted by molar-refractivity contribution is 6.11. The fourth-order valence-corrected chi connectivity index (χ4v) is 3.00. The minimum absolute atomic E-state index is 0.0265. The zero-order valence-electron chi connectivity index (χ0n) is 14.7. The monoisotopic (exact) mass is 328 g/mol. The Labute approximate surface area is 148 Å². The van der Waals surface area contributed by atoms with Crippen molar-refractivity contribution in [1.29, 1.82) is 0 Å². The van der Waals surface area contributed by atoms with Crippen molar-refractivity contribution in [2.75, 3.05) is 0 Å². The Morgan fingerprint density at radius 3 is 1.52 bits per heavy atom. The second-order valence-electron chi connectivity index (χ2n) is 6.48. The average molecular weight is 328 g/mol. The molecule has 3 aromatic carbocycles. The van der Waals surface area contributed by atoms with Gasteiger partial charge in [0.2, 0.25) is 0 Å². The molecule has 0 aliphatic rings. The zero-order chi connectivity index (χ0) is 18.0. The minimum atomic E-state index is -0.0332. The lowest BCUT2D eigenvalue weighted by atomic mass is 9.96. The third kappa shape index (κ3) is 3.74. The highest BCUT2D eigenvalue weighted by atomic mass is 16.1. The summed E-state index contributed by atoms with van der Waals surface area (Å²) in [5.41, 5.74) is 5.69. The number of carbonyl (C=O) groups is 2. The first kappa shape index (κ1) is 16.8. The SMILES string of the molecule is Cc1cccc(C(=O)c2ccc(C(=O)c3cc(C)cc(C)c3)cc2)c1. The lowest BCUT2D eigenvalue weighted by molar-refractivity contribution is 0.102. The van der Waals surface area contributed by atoms with Crippen LogP contribution in [0, 0.1) is 20.8 Å². The maximum Gasteiger partial charge on any atom is 0.193 e. The van der Waals surface area contributed by atoms with Crippen molar-refractivity contribution in [3.05, 3.63) is 106 Å². The first-order valence-corrected chi connectivity index (χ1v) is 8.28. The maximum atomic E-state index is 12.7. The highest BCUT2D eigenvalue weighted by Gasteiger charge is 2.13. The summed E-state index contributed by atoms with van der Waals surface area (Å²) in [6, 6.07) is 20.2. The summed E-state index contributed by atoms with van der Waals surface area (Å²) in [6.45, 7) is 5.92. The smallest absolute Gasteiger partial charge is 0.193 e. The lowest BCUT2D eigenvalue weighted by Gasteiger charge is -2.06. The molecule has 0 bridgehead atoms. The number of ketones is 2. The van der Waals surface area contributed by atoms with Crippen LogP contribution in [0.2, 0.25) is 0 Å². The van der Waals surface area contributed by atoms with Crippen molar-refractivity contribution in [2.24, 2.45) is 0 Å². The van der Waals surface area contributed by atoms with E-state index in [4.69, 9.17) is 0 Å². The number of rotatable bonds is 4. The molecule has 0 N–H and O–H groups in total. The molecule has 0 amide bonds. The van der Waals surface area contributed by atoms with Crippen LogP contribution in [0.3, 0.4) is 0 Å². The average Bonchev–Trinajstić information content (AvgIpc) is 2.60. The third-order valence-electron chi connectivity index (χ3n) is 4.17. The van der Waals surface area contributed by atoms with E-state index >= 15 is 0 Å². The molecule has 0 saturated carbocycles. The Balaban J connectivity index is 1.87. The van der Waals surface area contributed by atoms with E-state index in [1.54, 1.807) is 24.3 Å². The summed E-state index contributed by atoms with van der Waals surface area (Å²) in [5.74, 6) is -0.0598. The summed E-state index contributed by atoms with van der Waals surface area (Å²) in [6.07, 6.45) is 0. The molecule has 0 saturated heterocycles. The summed E-state index contributed by atoms with van der Waals surface area (Å²) in [4.78, 5) is 25.2. The molecule has 3 rings (SSSR count). The van der Waals surface area contributed by atoms with Crippen molar-refractivity contribution in [1.82, 2.24) is 0 Å². The van der Waals surface area contributed by atoms with Crippen LogP contribution in [-0.4, -0.2) is 11.6 Å². The predicted molar refractivity (Wildman–Crippen MR) is 100 cm³/mol. The van der Waals surface area contributed by atoms with Gasteiger partial charge in [0.25, 0.3) is 0 Å². The molecule has 0 heterocycles. The van der Waals surface area contributed by atoms with E-state index in [0.717, 1.165) is 16.7 Å². The van der Waals surface area contributed by atoms with Gasteiger partial charge in [0.05, 0.1) is 0 Å². The van der Waals surface area contributed by atoms with Gasteiger partial charge in [0.15, 0.2) is 11.6 Å². The van der Waals surface area contributed by atoms with E-state index in [1.807, 2.05) is 63.2 Å². The molecule has 3 aromatic rings. The molecule has 0 aliphatic heterocycles. The van der Waals surface area contributed by atoms with Crippen molar-refractivity contribution in [2.45, 2.75) is 20.8 Å². The normalized spacial score (nSPS) is 10.5. The number of aryl methyl sites for hydroxylation is 3. The molecular formula is C23H20O2. The van der Waals surface area contributed by atoms with E-state index in [9.17, 15) is 9.59 Å². The minimum Gasteiger partial charge on any atom is -0.289 e. The van der Waals surface area contributed by atoms with Gasteiger partial charge < -0.3 is 0 Å². The second-order valence-corrected chi connectivity index (χ2v) is 6.48. The number of carbonyl (C=O) groups excluding carboxylic acids is 2. The van der Waals surface area contributed by atoms with Crippen LogP contribution < -0.4 is 0 Å². The van der Waals surface area contributed by atoms with Crippen LogP contribution in [0.4, 0.5) is 0 Å². The van der Waals surface area contributed by atoms with Crippen LogP contribution in [-0.2, 0) is 0 Å². The van der Waals surface area contributed by atoms with Crippen LogP contribution in [0.5, 0.6) is 0 Å². The zero-order valence-corrected chi connectivity index (χ0v) is 14.7. The van der Waals surface area contributed by atoms with Gasteiger partial charge in [-0.25, -0.2) is 0 Å². The molecule has 25 heavy (non-hydrogen) atoms. The van der Waals surface area contributed by atoms with Gasteiger partial charge in [-0.3, -0.25) is 9.59 Å². The largest absolute Gasteiger partial charge is 0.289 e. The van der Waals surface area contributed by atoms with Crippen LogP contribution in [0.1, 0.15) is 48.5 Å². The standard InChI is InChI=1S/C23H20O2/c1-15-5-4-6-20(12-15)22(24)18-7-9-19(10-8-18)23(25)21-13-16(2)11-17(3)14-21/h4-14H,1-3H3. The predicted octanol–water partition coefficient (Wildman–Crippen LogP) is 5.07. The second kappa shape index (κ2) is 6.86. The topological polar surface area (TPSA) is 34.1 Å². The molecular weight excluding hydrogens is 308 g/mol. The Morgan fingerprint density at radius 2 is 1.00 bits per heavy atom.